The normalized spacial score (nSPS) is 12.0. The van der Waals surface area contributed by atoms with Gasteiger partial charge in [0, 0.05) is 6.42 Å². The van der Waals surface area contributed by atoms with Crippen LogP contribution in [0.3, 0.4) is 0 Å². The summed E-state index contributed by atoms with van der Waals surface area (Å²) in [6.07, 6.45) is 1.13. The lowest BCUT2D eigenvalue weighted by Gasteiger charge is -2.16. The first-order chi connectivity index (χ1) is 10.4. The number of hydrogen-bond acceptors (Lipinski definition) is 4. The predicted molar refractivity (Wildman–Crippen MR) is 84.6 cm³/mol. The first-order valence-corrected chi connectivity index (χ1v) is 7.39. The minimum absolute atomic E-state index is 0.200. The Hall–Kier alpha value is -2.24. The molecular formula is C16H24N2O4. The minimum Gasteiger partial charge on any atom is -0.491 e. The van der Waals surface area contributed by atoms with Crippen LogP contribution in [0.1, 0.15) is 33.1 Å². The number of nitrogens with two attached hydrogens (primary N) is 1. The van der Waals surface area contributed by atoms with Gasteiger partial charge in [0.2, 0.25) is 5.91 Å². The fourth-order valence-corrected chi connectivity index (χ4v) is 1.99. The molecule has 122 valence electrons. The number of para-hydroxylation sites is 2. The van der Waals surface area contributed by atoms with E-state index in [1.165, 1.54) is 0 Å². The van der Waals surface area contributed by atoms with Crippen molar-refractivity contribution in [2.45, 2.75) is 39.2 Å². The Balaban J connectivity index is 2.30. The number of rotatable bonds is 9. The molecule has 1 atom stereocenters. The summed E-state index contributed by atoms with van der Waals surface area (Å²) in [6, 6.07) is 6.31. The molecule has 1 aromatic carbocycles. The second-order valence-corrected chi connectivity index (χ2v) is 5.58. The molecule has 0 saturated carbocycles. The Labute approximate surface area is 130 Å². The molecule has 0 bridgehead atoms. The van der Waals surface area contributed by atoms with Crippen LogP contribution in [-0.2, 0) is 9.59 Å². The Morgan fingerprint density at radius 1 is 1.32 bits per heavy atom. The van der Waals surface area contributed by atoms with Gasteiger partial charge in [0.15, 0.2) is 0 Å². The minimum atomic E-state index is -1.00. The van der Waals surface area contributed by atoms with E-state index in [1.807, 2.05) is 26.0 Å². The summed E-state index contributed by atoms with van der Waals surface area (Å²) >= 11 is 0. The largest absolute Gasteiger partial charge is 0.491 e. The molecule has 1 amide bonds. The summed E-state index contributed by atoms with van der Waals surface area (Å²) in [6.45, 7) is 4.18. The highest BCUT2D eigenvalue weighted by Gasteiger charge is 2.20. The van der Waals surface area contributed by atoms with Gasteiger partial charge in [-0.05, 0) is 30.9 Å². The van der Waals surface area contributed by atoms with E-state index in [-0.39, 0.29) is 18.2 Å². The molecule has 1 aromatic rings. The third kappa shape index (κ3) is 6.47. The van der Waals surface area contributed by atoms with Crippen LogP contribution in [0.25, 0.3) is 0 Å². The lowest BCUT2D eigenvalue weighted by atomic mass is 10.0. The Morgan fingerprint density at radius 2 is 2.00 bits per heavy atom. The maximum Gasteiger partial charge on any atom is 0.326 e. The predicted octanol–water partition coefficient (Wildman–Crippen LogP) is 2.04. The van der Waals surface area contributed by atoms with E-state index >= 15 is 0 Å². The Morgan fingerprint density at radius 3 is 2.59 bits per heavy atom. The van der Waals surface area contributed by atoms with Crippen LogP contribution in [0.15, 0.2) is 24.3 Å². The van der Waals surface area contributed by atoms with Crippen LogP contribution >= 0.6 is 0 Å². The second kappa shape index (κ2) is 8.92. The highest BCUT2D eigenvalue weighted by atomic mass is 16.5. The van der Waals surface area contributed by atoms with Gasteiger partial charge >= 0.3 is 5.97 Å². The van der Waals surface area contributed by atoms with Crippen LogP contribution in [0.4, 0.5) is 5.69 Å². The maximum absolute atomic E-state index is 11.8. The van der Waals surface area contributed by atoms with Crippen molar-refractivity contribution in [2.75, 3.05) is 12.3 Å². The molecule has 4 N–H and O–H groups in total. The van der Waals surface area contributed by atoms with E-state index in [4.69, 9.17) is 15.6 Å². The zero-order valence-electron chi connectivity index (χ0n) is 13.0. The molecule has 0 fully saturated rings. The summed E-state index contributed by atoms with van der Waals surface area (Å²) < 4.78 is 5.48. The summed E-state index contributed by atoms with van der Waals surface area (Å²) in [4.78, 5) is 22.8. The molecule has 0 aliphatic heterocycles. The van der Waals surface area contributed by atoms with E-state index < -0.39 is 12.0 Å². The molecule has 6 nitrogen and oxygen atoms in total. The molecule has 1 rings (SSSR count). The van der Waals surface area contributed by atoms with Gasteiger partial charge < -0.3 is 20.9 Å². The van der Waals surface area contributed by atoms with Crippen molar-refractivity contribution in [2.24, 2.45) is 5.92 Å². The first kappa shape index (κ1) is 17.8. The summed E-state index contributed by atoms with van der Waals surface area (Å²) in [5.74, 6) is -0.495. The quantitative estimate of drug-likeness (QED) is 0.478. The van der Waals surface area contributed by atoms with E-state index in [0.29, 0.717) is 30.9 Å². The van der Waals surface area contributed by atoms with Gasteiger partial charge in [-0.25, -0.2) is 4.79 Å². The van der Waals surface area contributed by atoms with Gasteiger partial charge in [0.25, 0.3) is 0 Å². The van der Waals surface area contributed by atoms with Crippen molar-refractivity contribution in [3.05, 3.63) is 24.3 Å². The number of benzene rings is 1. The van der Waals surface area contributed by atoms with Gasteiger partial charge in [-0.15, -0.1) is 0 Å². The number of amides is 1. The van der Waals surface area contributed by atoms with Crippen LogP contribution in [0.5, 0.6) is 5.75 Å². The lowest BCUT2D eigenvalue weighted by molar-refractivity contribution is -0.142. The summed E-state index contributed by atoms with van der Waals surface area (Å²) in [5, 5.41) is 11.6. The number of ether oxygens (including phenoxy) is 1. The zero-order chi connectivity index (χ0) is 16.5. The number of carbonyl (C=O) groups is 2. The van der Waals surface area contributed by atoms with Gasteiger partial charge in [-0.3, -0.25) is 4.79 Å². The third-order valence-electron chi connectivity index (χ3n) is 3.07. The van der Waals surface area contributed by atoms with E-state index in [9.17, 15) is 9.59 Å². The lowest BCUT2D eigenvalue weighted by Crippen LogP contribution is -2.41. The molecule has 0 aliphatic rings. The number of carboxylic acid groups (broad SMARTS) is 1. The second-order valence-electron chi connectivity index (χ2n) is 5.58. The van der Waals surface area contributed by atoms with Crippen LogP contribution in [0.2, 0.25) is 0 Å². The van der Waals surface area contributed by atoms with Gasteiger partial charge in [0.05, 0.1) is 12.3 Å². The van der Waals surface area contributed by atoms with Crippen molar-refractivity contribution < 1.29 is 19.4 Å². The highest BCUT2D eigenvalue weighted by molar-refractivity contribution is 5.83. The fraction of sp³-hybridized carbons (Fsp3) is 0.500. The number of hydrogen-bond donors (Lipinski definition) is 3. The molecule has 6 heteroatoms. The molecule has 0 aromatic heterocycles. The van der Waals surface area contributed by atoms with Gasteiger partial charge in [0.1, 0.15) is 11.8 Å². The number of nitrogen functional groups attached to an aromatic ring is 1. The van der Waals surface area contributed by atoms with Gasteiger partial charge in [-0.2, -0.15) is 0 Å². The third-order valence-corrected chi connectivity index (χ3v) is 3.07. The van der Waals surface area contributed by atoms with Crippen molar-refractivity contribution >= 4 is 17.6 Å². The molecule has 0 radical (unpaired) electrons. The average molecular weight is 308 g/mol. The topological polar surface area (TPSA) is 102 Å². The van der Waals surface area contributed by atoms with Crippen molar-refractivity contribution in [3.8, 4) is 5.75 Å². The van der Waals surface area contributed by atoms with Crippen LogP contribution in [0, 0.1) is 5.92 Å². The van der Waals surface area contributed by atoms with Crippen molar-refractivity contribution in [3.63, 3.8) is 0 Å². The van der Waals surface area contributed by atoms with Crippen LogP contribution < -0.4 is 15.8 Å². The van der Waals surface area contributed by atoms with E-state index in [1.54, 1.807) is 12.1 Å². The van der Waals surface area contributed by atoms with E-state index in [0.717, 1.165) is 0 Å². The number of carbonyl (C=O) groups excluding carboxylic acids is 1. The number of aliphatic carboxylic acids is 1. The smallest absolute Gasteiger partial charge is 0.326 e. The monoisotopic (exact) mass is 308 g/mol. The number of nitrogens with one attached hydrogen (secondary N) is 1. The molecule has 22 heavy (non-hydrogen) atoms. The fourth-order valence-electron chi connectivity index (χ4n) is 1.99. The van der Waals surface area contributed by atoms with E-state index in [2.05, 4.69) is 5.32 Å². The molecular weight excluding hydrogens is 284 g/mol. The average Bonchev–Trinajstić information content (AvgIpc) is 2.44. The molecule has 1 unspecified atom stereocenters. The van der Waals surface area contributed by atoms with Crippen molar-refractivity contribution in [1.82, 2.24) is 5.32 Å². The Bertz CT molecular complexity index is 503. The highest BCUT2D eigenvalue weighted by Crippen LogP contribution is 2.19. The SMILES string of the molecule is CC(C)CC(NC(=O)CCCOc1ccccc1N)C(=O)O. The van der Waals surface area contributed by atoms with Gasteiger partial charge in [-0.1, -0.05) is 26.0 Å². The first-order valence-electron chi connectivity index (χ1n) is 7.39. The van der Waals surface area contributed by atoms with Crippen LogP contribution in [-0.4, -0.2) is 29.6 Å². The summed E-state index contributed by atoms with van der Waals surface area (Å²) in [5.41, 5.74) is 6.29. The molecule has 0 aliphatic carbocycles. The van der Waals surface area contributed by atoms with Crippen molar-refractivity contribution in [1.29, 1.82) is 0 Å². The molecule has 0 spiro atoms. The molecule has 0 saturated heterocycles. The zero-order valence-corrected chi connectivity index (χ0v) is 13.0. The summed E-state index contributed by atoms with van der Waals surface area (Å²) in [7, 11) is 0. The standard InChI is InChI=1S/C16H24N2O4/c1-11(2)10-13(16(20)21)18-15(19)8-5-9-22-14-7-4-3-6-12(14)17/h3-4,6-7,11,13H,5,8-10,17H2,1-2H3,(H,18,19)(H,20,21). The Kier molecular flexibility index (Phi) is 7.22. The molecule has 0 heterocycles. The maximum atomic E-state index is 11.8. The number of anilines is 1. The number of carboxylic acids is 1.